The second-order valence-corrected chi connectivity index (χ2v) is 5.41. The van der Waals surface area contributed by atoms with Crippen LogP contribution in [0.2, 0.25) is 5.02 Å². The van der Waals surface area contributed by atoms with E-state index in [4.69, 9.17) is 11.6 Å². The molecule has 0 spiro atoms. The maximum Gasteiger partial charge on any atom is 0.123 e. The van der Waals surface area contributed by atoms with Gasteiger partial charge in [-0.3, -0.25) is 0 Å². The Morgan fingerprint density at radius 2 is 1.90 bits per heavy atom. The summed E-state index contributed by atoms with van der Waals surface area (Å²) in [6.07, 6.45) is 0. The van der Waals surface area contributed by atoms with Crippen molar-refractivity contribution in [1.29, 1.82) is 0 Å². The zero-order chi connectivity index (χ0) is 14.7. The van der Waals surface area contributed by atoms with Crippen LogP contribution in [0.5, 0.6) is 0 Å². The first-order valence-corrected chi connectivity index (χ1v) is 7.16. The van der Waals surface area contributed by atoms with Gasteiger partial charge in [0.05, 0.1) is 6.04 Å². The molecule has 1 atom stereocenters. The Morgan fingerprint density at radius 3 is 2.55 bits per heavy atom. The predicted octanol–water partition coefficient (Wildman–Crippen LogP) is 4.79. The monoisotopic (exact) mass is 291 g/mol. The quantitative estimate of drug-likeness (QED) is 0.853. The van der Waals surface area contributed by atoms with Gasteiger partial charge in [-0.2, -0.15) is 0 Å². The topological polar surface area (TPSA) is 12.0 Å². The summed E-state index contributed by atoms with van der Waals surface area (Å²) in [5.41, 5.74) is 4.21. The lowest BCUT2D eigenvalue weighted by Crippen LogP contribution is -2.23. The fourth-order valence-electron chi connectivity index (χ4n) is 2.41. The van der Waals surface area contributed by atoms with Gasteiger partial charge in [-0.25, -0.2) is 4.39 Å². The highest BCUT2D eigenvalue weighted by Crippen LogP contribution is 2.29. The van der Waals surface area contributed by atoms with Crippen molar-refractivity contribution in [2.75, 3.05) is 6.54 Å². The van der Waals surface area contributed by atoms with E-state index in [0.29, 0.717) is 0 Å². The summed E-state index contributed by atoms with van der Waals surface area (Å²) in [4.78, 5) is 0. The third-order valence-corrected chi connectivity index (χ3v) is 3.86. The molecular weight excluding hydrogens is 273 g/mol. The molecule has 0 aliphatic heterocycles. The van der Waals surface area contributed by atoms with Gasteiger partial charge in [0, 0.05) is 5.02 Å². The highest BCUT2D eigenvalue weighted by Gasteiger charge is 2.16. The Morgan fingerprint density at radius 1 is 1.15 bits per heavy atom. The minimum Gasteiger partial charge on any atom is -0.307 e. The van der Waals surface area contributed by atoms with Crippen LogP contribution in [0.1, 0.15) is 35.2 Å². The molecule has 2 rings (SSSR count). The molecule has 0 fully saturated rings. The van der Waals surface area contributed by atoms with Crippen LogP contribution in [0.4, 0.5) is 4.39 Å². The fourth-order valence-corrected chi connectivity index (χ4v) is 2.63. The van der Waals surface area contributed by atoms with Crippen LogP contribution in [-0.4, -0.2) is 6.54 Å². The van der Waals surface area contributed by atoms with Gasteiger partial charge in [0.1, 0.15) is 5.82 Å². The molecule has 0 saturated carbocycles. The molecule has 0 amide bonds. The Labute approximate surface area is 124 Å². The number of benzene rings is 2. The molecule has 20 heavy (non-hydrogen) atoms. The molecule has 2 aromatic rings. The van der Waals surface area contributed by atoms with Gasteiger partial charge in [0.25, 0.3) is 0 Å². The molecular formula is C17H19ClFN. The van der Waals surface area contributed by atoms with E-state index < -0.39 is 0 Å². The van der Waals surface area contributed by atoms with Gasteiger partial charge in [-0.15, -0.1) is 0 Å². The van der Waals surface area contributed by atoms with Gasteiger partial charge in [0.2, 0.25) is 0 Å². The lowest BCUT2D eigenvalue weighted by molar-refractivity contribution is 0.601. The van der Waals surface area contributed by atoms with Crippen LogP contribution < -0.4 is 5.32 Å². The van der Waals surface area contributed by atoms with Crippen molar-refractivity contribution in [3.8, 4) is 0 Å². The maximum absolute atomic E-state index is 13.5. The van der Waals surface area contributed by atoms with E-state index in [1.807, 2.05) is 32.9 Å². The largest absolute Gasteiger partial charge is 0.307 e. The molecule has 1 nitrogen and oxygen atoms in total. The molecule has 106 valence electrons. The van der Waals surface area contributed by atoms with Crippen molar-refractivity contribution < 1.29 is 4.39 Å². The van der Waals surface area contributed by atoms with E-state index in [9.17, 15) is 4.39 Å². The van der Waals surface area contributed by atoms with Crippen LogP contribution >= 0.6 is 11.6 Å². The third kappa shape index (κ3) is 3.20. The first-order valence-electron chi connectivity index (χ1n) is 6.78. The fraction of sp³-hybridized carbons (Fsp3) is 0.294. The van der Waals surface area contributed by atoms with Crippen molar-refractivity contribution in [2.24, 2.45) is 0 Å². The van der Waals surface area contributed by atoms with E-state index in [1.54, 1.807) is 12.1 Å². The van der Waals surface area contributed by atoms with Gasteiger partial charge >= 0.3 is 0 Å². The third-order valence-electron chi connectivity index (χ3n) is 3.45. The van der Waals surface area contributed by atoms with Gasteiger partial charge < -0.3 is 5.32 Å². The highest BCUT2D eigenvalue weighted by molar-refractivity contribution is 6.31. The molecule has 0 aliphatic rings. The average Bonchev–Trinajstić information content (AvgIpc) is 2.40. The van der Waals surface area contributed by atoms with Crippen LogP contribution in [0.25, 0.3) is 0 Å². The van der Waals surface area contributed by atoms with Crippen molar-refractivity contribution in [3.05, 3.63) is 69.5 Å². The summed E-state index contributed by atoms with van der Waals surface area (Å²) in [5, 5.41) is 4.18. The Hall–Kier alpha value is -1.38. The molecule has 0 saturated heterocycles. The number of hydrogen-bond acceptors (Lipinski definition) is 1. The summed E-state index contributed by atoms with van der Waals surface area (Å²) in [6.45, 7) is 6.87. The molecule has 1 N–H and O–H groups in total. The van der Waals surface area contributed by atoms with E-state index in [-0.39, 0.29) is 11.9 Å². The number of hydrogen-bond donors (Lipinski definition) is 1. The summed E-state index contributed by atoms with van der Waals surface area (Å²) >= 11 is 6.16. The van der Waals surface area contributed by atoms with E-state index in [2.05, 4.69) is 11.4 Å². The average molecular weight is 292 g/mol. The van der Waals surface area contributed by atoms with E-state index in [0.717, 1.165) is 33.8 Å². The van der Waals surface area contributed by atoms with Crippen LogP contribution in [0.15, 0.2) is 36.4 Å². The number of nitrogens with one attached hydrogen (secondary N) is 1. The lowest BCUT2D eigenvalue weighted by atomic mass is 9.93. The second-order valence-electron chi connectivity index (χ2n) is 5.00. The first kappa shape index (κ1) is 15.0. The van der Waals surface area contributed by atoms with Gasteiger partial charge in [0.15, 0.2) is 0 Å². The molecule has 0 heterocycles. The van der Waals surface area contributed by atoms with E-state index >= 15 is 0 Å². The first-order chi connectivity index (χ1) is 9.52. The van der Waals surface area contributed by atoms with Gasteiger partial charge in [-0.1, -0.05) is 36.7 Å². The smallest absolute Gasteiger partial charge is 0.123 e. The van der Waals surface area contributed by atoms with Crippen LogP contribution in [0.3, 0.4) is 0 Å². The molecule has 0 aliphatic carbocycles. The predicted molar refractivity (Wildman–Crippen MR) is 82.8 cm³/mol. The van der Waals surface area contributed by atoms with E-state index in [1.165, 1.54) is 6.07 Å². The lowest BCUT2D eigenvalue weighted by Gasteiger charge is -2.22. The Bertz CT molecular complexity index is 610. The summed E-state index contributed by atoms with van der Waals surface area (Å²) in [5.74, 6) is -0.214. The van der Waals surface area contributed by atoms with Crippen molar-refractivity contribution in [3.63, 3.8) is 0 Å². The van der Waals surface area contributed by atoms with Crippen molar-refractivity contribution >= 4 is 11.6 Å². The SMILES string of the molecule is CCNC(c1cccc(F)c1)c1cc(C)c(Cl)cc1C. The molecule has 3 heteroatoms. The molecule has 2 aromatic carbocycles. The molecule has 1 unspecified atom stereocenters. The van der Waals surface area contributed by atoms with Gasteiger partial charge in [-0.05, 0) is 60.8 Å². The normalized spacial score (nSPS) is 12.4. The molecule has 0 aromatic heterocycles. The van der Waals surface area contributed by atoms with Crippen LogP contribution in [0, 0.1) is 19.7 Å². The molecule has 0 radical (unpaired) electrons. The minimum absolute atomic E-state index is 0.0216. The number of aryl methyl sites for hydroxylation is 2. The summed E-state index contributed by atoms with van der Waals surface area (Å²) in [6, 6.07) is 10.8. The standard InChI is InChI=1S/C17H19ClFN/c1-4-20-17(13-6-5-7-14(19)10-13)15-8-12(3)16(18)9-11(15)2/h5-10,17,20H,4H2,1-3H3. The number of rotatable bonds is 4. The Balaban J connectivity index is 2.51. The van der Waals surface area contributed by atoms with Crippen molar-refractivity contribution in [1.82, 2.24) is 5.32 Å². The second kappa shape index (κ2) is 6.38. The van der Waals surface area contributed by atoms with Crippen LogP contribution in [-0.2, 0) is 0 Å². The summed E-state index contributed by atoms with van der Waals surface area (Å²) in [7, 11) is 0. The summed E-state index contributed by atoms with van der Waals surface area (Å²) < 4.78 is 13.5. The Kier molecular flexibility index (Phi) is 4.79. The van der Waals surface area contributed by atoms with Crippen molar-refractivity contribution in [2.45, 2.75) is 26.8 Å². The molecule has 0 bridgehead atoms. The minimum atomic E-state index is -0.214. The maximum atomic E-state index is 13.5. The zero-order valence-electron chi connectivity index (χ0n) is 12.0. The highest BCUT2D eigenvalue weighted by atomic mass is 35.5. The number of halogens is 2. The zero-order valence-corrected chi connectivity index (χ0v) is 12.8.